The van der Waals surface area contributed by atoms with Gasteiger partial charge in [-0.15, -0.1) is 0 Å². The Morgan fingerprint density at radius 3 is 2.62 bits per heavy atom. The van der Waals surface area contributed by atoms with E-state index in [4.69, 9.17) is 11.8 Å². The molecule has 0 aliphatic rings. The Morgan fingerprint density at radius 1 is 1.54 bits per heavy atom. The van der Waals surface area contributed by atoms with Crippen LogP contribution in [0.15, 0.2) is 23.2 Å². The summed E-state index contributed by atoms with van der Waals surface area (Å²) in [7, 11) is -3.15. The standard InChI is InChI=1S/C7H9ClN2O2S/c1-13(11,12)7-3-2-6(4-10-8)9-5-7/h2-3,5,10H,4H2,1H3. The Morgan fingerprint density at radius 2 is 2.23 bits per heavy atom. The van der Waals surface area contributed by atoms with Gasteiger partial charge < -0.3 is 0 Å². The molecule has 72 valence electrons. The Labute approximate surface area is 82.0 Å². The van der Waals surface area contributed by atoms with E-state index in [0.717, 1.165) is 6.26 Å². The van der Waals surface area contributed by atoms with E-state index >= 15 is 0 Å². The predicted molar refractivity (Wildman–Crippen MR) is 50.0 cm³/mol. The molecule has 0 aliphatic heterocycles. The van der Waals surface area contributed by atoms with Crippen LogP contribution in [0.4, 0.5) is 0 Å². The molecule has 1 heterocycles. The van der Waals surface area contributed by atoms with Crippen molar-refractivity contribution in [2.75, 3.05) is 6.26 Å². The van der Waals surface area contributed by atoms with Crippen LogP contribution < -0.4 is 4.84 Å². The summed E-state index contributed by atoms with van der Waals surface area (Å²) >= 11 is 5.26. The number of sulfone groups is 1. The van der Waals surface area contributed by atoms with Crippen LogP contribution >= 0.6 is 11.8 Å². The number of rotatable bonds is 3. The second-order valence-corrected chi connectivity index (χ2v) is 4.85. The normalized spacial score (nSPS) is 11.5. The molecule has 0 atom stereocenters. The quantitative estimate of drug-likeness (QED) is 0.763. The average Bonchev–Trinajstić information content (AvgIpc) is 2.04. The van der Waals surface area contributed by atoms with Crippen LogP contribution in [0.1, 0.15) is 5.69 Å². The summed E-state index contributed by atoms with van der Waals surface area (Å²) in [6, 6.07) is 3.12. The lowest BCUT2D eigenvalue weighted by molar-refractivity contribution is 0.601. The minimum atomic E-state index is -3.15. The number of nitrogens with one attached hydrogen (secondary N) is 1. The molecule has 1 aromatic rings. The topological polar surface area (TPSA) is 59.1 Å². The van der Waals surface area contributed by atoms with Crippen LogP contribution in [0.5, 0.6) is 0 Å². The molecule has 13 heavy (non-hydrogen) atoms. The number of hydrogen-bond donors (Lipinski definition) is 1. The van der Waals surface area contributed by atoms with E-state index in [1.54, 1.807) is 6.07 Å². The molecule has 0 saturated carbocycles. The average molecular weight is 221 g/mol. The largest absolute Gasteiger partial charge is 0.259 e. The molecule has 1 aromatic heterocycles. The van der Waals surface area contributed by atoms with E-state index < -0.39 is 9.84 Å². The molecule has 0 radical (unpaired) electrons. The summed E-state index contributed by atoms with van der Waals surface area (Å²) in [4.78, 5) is 6.52. The van der Waals surface area contributed by atoms with Gasteiger partial charge >= 0.3 is 0 Å². The van der Waals surface area contributed by atoms with Crippen LogP contribution in [0.3, 0.4) is 0 Å². The Balaban J connectivity index is 2.94. The summed E-state index contributed by atoms with van der Waals surface area (Å²) in [5.74, 6) is 0. The fourth-order valence-corrected chi connectivity index (χ4v) is 1.50. The highest BCUT2D eigenvalue weighted by molar-refractivity contribution is 7.90. The molecule has 0 aromatic carbocycles. The lowest BCUT2D eigenvalue weighted by atomic mass is 10.4. The zero-order chi connectivity index (χ0) is 9.90. The second-order valence-electron chi connectivity index (χ2n) is 2.57. The Hall–Kier alpha value is -0.650. The first-order chi connectivity index (χ1) is 6.04. The third-order valence-electron chi connectivity index (χ3n) is 1.47. The van der Waals surface area contributed by atoms with E-state index in [-0.39, 0.29) is 4.90 Å². The first-order valence-corrected chi connectivity index (χ1v) is 5.79. The summed E-state index contributed by atoms with van der Waals surface area (Å²) in [5.41, 5.74) is 0.697. The minimum Gasteiger partial charge on any atom is -0.259 e. The number of nitrogens with zero attached hydrogens (tertiary/aromatic N) is 1. The van der Waals surface area contributed by atoms with E-state index in [1.165, 1.54) is 12.3 Å². The van der Waals surface area contributed by atoms with Gasteiger partial charge in [0.15, 0.2) is 9.84 Å². The van der Waals surface area contributed by atoms with Gasteiger partial charge in [-0.3, -0.25) is 4.98 Å². The zero-order valence-electron chi connectivity index (χ0n) is 6.99. The van der Waals surface area contributed by atoms with Crippen molar-refractivity contribution in [3.63, 3.8) is 0 Å². The zero-order valence-corrected chi connectivity index (χ0v) is 8.56. The molecular formula is C7H9ClN2O2S. The van der Waals surface area contributed by atoms with Crippen molar-refractivity contribution in [2.24, 2.45) is 0 Å². The fraction of sp³-hybridized carbons (Fsp3) is 0.286. The van der Waals surface area contributed by atoms with Crippen LogP contribution in [-0.2, 0) is 16.4 Å². The highest BCUT2D eigenvalue weighted by Crippen LogP contribution is 2.07. The van der Waals surface area contributed by atoms with E-state index in [2.05, 4.69) is 9.82 Å². The van der Waals surface area contributed by atoms with Crippen molar-refractivity contribution in [1.82, 2.24) is 9.82 Å². The summed E-state index contributed by atoms with van der Waals surface area (Å²) in [6.45, 7) is 0.408. The molecule has 0 unspecified atom stereocenters. The number of halogens is 1. The van der Waals surface area contributed by atoms with Crippen molar-refractivity contribution >= 4 is 21.6 Å². The van der Waals surface area contributed by atoms with Crippen LogP contribution in [0.2, 0.25) is 0 Å². The monoisotopic (exact) mass is 220 g/mol. The van der Waals surface area contributed by atoms with Gasteiger partial charge in [0.1, 0.15) is 0 Å². The highest BCUT2D eigenvalue weighted by Gasteiger charge is 2.06. The van der Waals surface area contributed by atoms with Gasteiger partial charge in [0, 0.05) is 12.5 Å². The lowest BCUT2D eigenvalue weighted by Gasteiger charge is -1.99. The summed E-state index contributed by atoms with van der Waals surface area (Å²) in [6.07, 6.45) is 2.46. The third-order valence-corrected chi connectivity index (χ3v) is 2.71. The summed E-state index contributed by atoms with van der Waals surface area (Å²) < 4.78 is 22.0. The molecule has 0 spiro atoms. The van der Waals surface area contributed by atoms with Gasteiger partial charge in [-0.25, -0.2) is 13.3 Å². The highest BCUT2D eigenvalue weighted by atomic mass is 35.5. The Bertz CT molecular complexity index is 374. The van der Waals surface area contributed by atoms with Crippen molar-refractivity contribution in [3.8, 4) is 0 Å². The molecule has 0 fully saturated rings. The molecule has 0 amide bonds. The number of hydrogen-bond acceptors (Lipinski definition) is 4. The van der Waals surface area contributed by atoms with Crippen molar-refractivity contribution in [3.05, 3.63) is 24.0 Å². The predicted octanol–water partition coefficient (Wildman–Crippen LogP) is 0.729. The summed E-state index contributed by atoms with van der Waals surface area (Å²) in [5, 5.41) is 0. The number of pyridine rings is 1. The molecule has 0 saturated heterocycles. The van der Waals surface area contributed by atoms with Gasteiger partial charge in [0.05, 0.1) is 17.1 Å². The van der Waals surface area contributed by atoms with E-state index in [9.17, 15) is 8.42 Å². The van der Waals surface area contributed by atoms with Crippen molar-refractivity contribution in [2.45, 2.75) is 11.4 Å². The first kappa shape index (κ1) is 10.4. The molecular weight excluding hydrogens is 212 g/mol. The van der Waals surface area contributed by atoms with Crippen molar-refractivity contribution in [1.29, 1.82) is 0 Å². The maximum absolute atomic E-state index is 11.0. The molecule has 0 aliphatic carbocycles. The smallest absolute Gasteiger partial charge is 0.177 e. The number of aromatic nitrogens is 1. The second kappa shape index (κ2) is 4.04. The van der Waals surface area contributed by atoms with Crippen LogP contribution in [0, 0.1) is 0 Å². The van der Waals surface area contributed by atoms with Gasteiger partial charge in [0.25, 0.3) is 0 Å². The lowest BCUT2D eigenvalue weighted by Crippen LogP contribution is -2.03. The fourth-order valence-electron chi connectivity index (χ4n) is 0.803. The maximum atomic E-state index is 11.0. The minimum absolute atomic E-state index is 0.214. The molecule has 1 rings (SSSR count). The third kappa shape index (κ3) is 2.95. The van der Waals surface area contributed by atoms with Gasteiger partial charge in [-0.1, -0.05) is 0 Å². The first-order valence-electron chi connectivity index (χ1n) is 3.52. The van der Waals surface area contributed by atoms with Gasteiger partial charge in [-0.2, -0.15) is 0 Å². The van der Waals surface area contributed by atoms with Crippen LogP contribution in [-0.4, -0.2) is 19.7 Å². The SMILES string of the molecule is CS(=O)(=O)c1ccc(CNCl)nc1. The molecule has 0 bridgehead atoms. The van der Waals surface area contributed by atoms with E-state index in [1.807, 2.05) is 0 Å². The maximum Gasteiger partial charge on any atom is 0.177 e. The molecule has 1 N–H and O–H groups in total. The van der Waals surface area contributed by atoms with Crippen molar-refractivity contribution < 1.29 is 8.42 Å². The Kier molecular flexibility index (Phi) is 3.24. The van der Waals surface area contributed by atoms with Crippen LogP contribution in [0.25, 0.3) is 0 Å². The van der Waals surface area contributed by atoms with Gasteiger partial charge in [-0.05, 0) is 23.9 Å². The van der Waals surface area contributed by atoms with E-state index in [0.29, 0.717) is 12.2 Å². The molecule has 4 nitrogen and oxygen atoms in total. The van der Waals surface area contributed by atoms with Gasteiger partial charge in [0.2, 0.25) is 0 Å². The molecule has 6 heteroatoms.